The molecule has 1 aliphatic rings. The van der Waals surface area contributed by atoms with Gasteiger partial charge in [-0.25, -0.2) is 13.8 Å². The molecule has 34 heavy (non-hydrogen) atoms. The summed E-state index contributed by atoms with van der Waals surface area (Å²) in [5.41, 5.74) is 14.3. The second-order valence-corrected chi connectivity index (χ2v) is 8.32. The molecule has 1 aromatic carbocycles. The standard InChI is InChI=1S/C25H28F2N6O/c26-17-4-1-3-16(13-17)8-11-31-25-20(6-7-22(32-25)33-12-9-18(27)15-33)23(24(29)34)19-5-2-10-30-21(19)14-28/h1-7,10,13,18,23H,8-9,11-12,14-15,28H2,(H2,29,34)(H,31,32). The normalized spacial score (nSPS) is 16.4. The van der Waals surface area contributed by atoms with Crippen LogP contribution >= 0.6 is 0 Å². The molecule has 1 aliphatic heterocycles. The number of amides is 1. The first-order valence-electron chi connectivity index (χ1n) is 11.3. The number of benzene rings is 1. The summed E-state index contributed by atoms with van der Waals surface area (Å²) in [6.07, 6.45) is 1.71. The van der Waals surface area contributed by atoms with Gasteiger partial charge in [-0.2, -0.15) is 0 Å². The number of carbonyl (C=O) groups excluding carboxylic acids is 1. The van der Waals surface area contributed by atoms with Crippen molar-refractivity contribution in [1.29, 1.82) is 0 Å². The molecule has 3 heterocycles. The van der Waals surface area contributed by atoms with Gasteiger partial charge in [-0.1, -0.05) is 24.3 Å². The number of carbonyl (C=O) groups is 1. The summed E-state index contributed by atoms with van der Waals surface area (Å²) in [5.74, 6) is -0.598. The number of aromatic nitrogens is 2. The van der Waals surface area contributed by atoms with E-state index in [1.54, 1.807) is 36.5 Å². The number of nitrogens with one attached hydrogen (secondary N) is 1. The minimum atomic E-state index is -0.897. The molecule has 9 heteroatoms. The van der Waals surface area contributed by atoms with Crippen LogP contribution in [0.25, 0.3) is 0 Å². The predicted octanol–water partition coefficient (Wildman–Crippen LogP) is 2.89. The molecule has 0 radical (unpaired) electrons. The minimum Gasteiger partial charge on any atom is -0.369 e. The van der Waals surface area contributed by atoms with E-state index in [1.807, 2.05) is 11.0 Å². The zero-order valence-corrected chi connectivity index (χ0v) is 18.8. The lowest BCUT2D eigenvalue weighted by Crippen LogP contribution is -2.27. The van der Waals surface area contributed by atoms with E-state index < -0.39 is 18.0 Å². The molecule has 1 fully saturated rings. The van der Waals surface area contributed by atoms with E-state index >= 15 is 0 Å². The molecule has 2 aromatic heterocycles. The zero-order chi connectivity index (χ0) is 24.1. The number of rotatable bonds is 9. The molecule has 4 rings (SSSR count). The number of halogens is 2. The maximum absolute atomic E-state index is 13.8. The van der Waals surface area contributed by atoms with E-state index in [1.165, 1.54) is 12.1 Å². The van der Waals surface area contributed by atoms with Crippen LogP contribution in [0.4, 0.5) is 20.4 Å². The Labute approximate surface area is 197 Å². The first-order valence-corrected chi connectivity index (χ1v) is 11.3. The maximum atomic E-state index is 13.8. The van der Waals surface area contributed by atoms with Gasteiger partial charge in [0.2, 0.25) is 5.91 Å². The number of alkyl halides is 1. The lowest BCUT2D eigenvalue weighted by atomic mass is 9.89. The van der Waals surface area contributed by atoms with E-state index in [4.69, 9.17) is 16.5 Å². The van der Waals surface area contributed by atoms with Crippen molar-refractivity contribution in [2.24, 2.45) is 11.5 Å². The molecular weight excluding hydrogens is 438 g/mol. The van der Waals surface area contributed by atoms with Crippen molar-refractivity contribution in [2.75, 3.05) is 29.9 Å². The van der Waals surface area contributed by atoms with Gasteiger partial charge in [-0.05, 0) is 48.2 Å². The molecule has 2 unspecified atom stereocenters. The Morgan fingerprint density at radius 3 is 2.76 bits per heavy atom. The fourth-order valence-corrected chi connectivity index (χ4v) is 4.31. The van der Waals surface area contributed by atoms with Crippen LogP contribution in [0, 0.1) is 5.82 Å². The fraction of sp³-hybridized carbons (Fsp3) is 0.320. The lowest BCUT2D eigenvalue weighted by Gasteiger charge is -2.23. The van der Waals surface area contributed by atoms with Crippen molar-refractivity contribution in [3.05, 3.63) is 82.9 Å². The number of nitrogens with two attached hydrogens (primary N) is 2. The van der Waals surface area contributed by atoms with E-state index in [-0.39, 0.29) is 18.9 Å². The average molecular weight is 467 g/mol. The van der Waals surface area contributed by atoms with Gasteiger partial charge in [-0.15, -0.1) is 0 Å². The Bertz CT molecular complexity index is 1160. The van der Waals surface area contributed by atoms with E-state index in [0.717, 1.165) is 5.56 Å². The zero-order valence-electron chi connectivity index (χ0n) is 18.8. The monoisotopic (exact) mass is 466 g/mol. The molecule has 0 spiro atoms. The van der Waals surface area contributed by atoms with Crippen LogP contribution in [0.2, 0.25) is 0 Å². The van der Waals surface area contributed by atoms with Gasteiger partial charge in [0.15, 0.2) is 0 Å². The molecule has 3 aromatic rings. The SMILES string of the molecule is NCc1ncccc1C(C(N)=O)c1ccc(N2CCC(F)C2)nc1NCCc1cccc(F)c1. The highest BCUT2D eigenvalue weighted by Gasteiger charge is 2.28. The highest BCUT2D eigenvalue weighted by molar-refractivity contribution is 5.87. The molecule has 5 N–H and O–H groups in total. The Kier molecular flexibility index (Phi) is 7.32. The summed E-state index contributed by atoms with van der Waals surface area (Å²) in [6, 6.07) is 13.5. The molecule has 178 valence electrons. The third-order valence-electron chi connectivity index (χ3n) is 5.99. The Morgan fingerprint density at radius 2 is 2.06 bits per heavy atom. The highest BCUT2D eigenvalue weighted by atomic mass is 19.1. The van der Waals surface area contributed by atoms with Gasteiger partial charge in [0, 0.05) is 31.4 Å². The van der Waals surface area contributed by atoms with Crippen molar-refractivity contribution in [2.45, 2.75) is 31.5 Å². The second-order valence-electron chi connectivity index (χ2n) is 8.32. The molecule has 1 saturated heterocycles. The average Bonchev–Trinajstić information content (AvgIpc) is 3.26. The van der Waals surface area contributed by atoms with Crippen LogP contribution in [0.15, 0.2) is 54.7 Å². The quantitative estimate of drug-likeness (QED) is 0.447. The van der Waals surface area contributed by atoms with Crippen molar-refractivity contribution >= 4 is 17.5 Å². The molecule has 0 bridgehead atoms. The topological polar surface area (TPSA) is 110 Å². The summed E-state index contributed by atoms with van der Waals surface area (Å²) in [5, 5.41) is 3.29. The molecule has 1 amide bonds. The van der Waals surface area contributed by atoms with Crippen molar-refractivity contribution < 1.29 is 13.6 Å². The van der Waals surface area contributed by atoms with Crippen molar-refractivity contribution in [1.82, 2.24) is 9.97 Å². The Morgan fingerprint density at radius 1 is 1.21 bits per heavy atom. The van der Waals surface area contributed by atoms with Gasteiger partial charge in [0.05, 0.1) is 18.2 Å². The number of primary amides is 1. The number of pyridine rings is 2. The summed E-state index contributed by atoms with van der Waals surface area (Å²) in [7, 11) is 0. The van der Waals surface area contributed by atoms with Crippen LogP contribution in [-0.4, -0.2) is 41.7 Å². The number of nitrogens with zero attached hydrogens (tertiary/aromatic N) is 3. The first-order chi connectivity index (χ1) is 16.5. The maximum Gasteiger partial charge on any atom is 0.229 e. The summed E-state index contributed by atoms with van der Waals surface area (Å²) < 4.78 is 27.4. The van der Waals surface area contributed by atoms with Crippen LogP contribution < -0.4 is 21.7 Å². The summed E-state index contributed by atoms with van der Waals surface area (Å²) >= 11 is 0. The third kappa shape index (κ3) is 5.31. The fourth-order valence-electron chi connectivity index (χ4n) is 4.31. The van der Waals surface area contributed by atoms with E-state index in [0.29, 0.717) is 54.4 Å². The van der Waals surface area contributed by atoms with Gasteiger partial charge in [0.1, 0.15) is 23.6 Å². The second kappa shape index (κ2) is 10.6. The van der Waals surface area contributed by atoms with Crippen molar-refractivity contribution in [3.8, 4) is 0 Å². The van der Waals surface area contributed by atoms with Gasteiger partial charge >= 0.3 is 0 Å². The Balaban J connectivity index is 1.68. The minimum absolute atomic E-state index is 0.152. The van der Waals surface area contributed by atoms with E-state index in [9.17, 15) is 13.6 Å². The largest absolute Gasteiger partial charge is 0.369 e. The summed E-state index contributed by atoms with van der Waals surface area (Å²) in [4.78, 5) is 23.5. The molecular formula is C25H28F2N6O. The number of anilines is 2. The van der Waals surface area contributed by atoms with Crippen LogP contribution in [-0.2, 0) is 17.8 Å². The lowest BCUT2D eigenvalue weighted by molar-refractivity contribution is -0.118. The van der Waals surface area contributed by atoms with Crippen LogP contribution in [0.3, 0.4) is 0 Å². The smallest absolute Gasteiger partial charge is 0.229 e. The van der Waals surface area contributed by atoms with Gasteiger partial charge in [0.25, 0.3) is 0 Å². The molecule has 0 aliphatic carbocycles. The van der Waals surface area contributed by atoms with E-state index in [2.05, 4.69) is 10.3 Å². The molecule has 7 nitrogen and oxygen atoms in total. The number of hydrogen-bond donors (Lipinski definition) is 3. The summed E-state index contributed by atoms with van der Waals surface area (Å²) in [6.45, 7) is 1.43. The molecule has 0 saturated carbocycles. The molecule has 2 atom stereocenters. The van der Waals surface area contributed by atoms with Gasteiger partial charge < -0.3 is 21.7 Å². The van der Waals surface area contributed by atoms with Gasteiger partial charge in [-0.3, -0.25) is 9.78 Å². The highest BCUT2D eigenvalue weighted by Crippen LogP contribution is 2.33. The predicted molar refractivity (Wildman–Crippen MR) is 128 cm³/mol. The first kappa shape index (κ1) is 23.6. The third-order valence-corrected chi connectivity index (χ3v) is 5.99. The number of hydrogen-bond acceptors (Lipinski definition) is 6. The van der Waals surface area contributed by atoms with Crippen LogP contribution in [0.5, 0.6) is 0 Å². The Hall–Kier alpha value is -3.59. The van der Waals surface area contributed by atoms with Crippen molar-refractivity contribution in [3.63, 3.8) is 0 Å². The van der Waals surface area contributed by atoms with Crippen LogP contribution in [0.1, 0.15) is 34.7 Å².